The summed E-state index contributed by atoms with van der Waals surface area (Å²) in [6.45, 7) is 2.24. The number of H-pyrrole nitrogens is 1. The molecular formula is C19H22N2O. The molecule has 0 spiro atoms. The predicted octanol–water partition coefficient (Wildman–Crippen LogP) is 3.73. The van der Waals surface area contributed by atoms with Gasteiger partial charge in [0.1, 0.15) is 0 Å². The third-order valence-electron chi connectivity index (χ3n) is 4.65. The molecule has 1 aliphatic carbocycles. The Morgan fingerprint density at radius 2 is 2.18 bits per heavy atom. The van der Waals surface area contributed by atoms with E-state index < -0.39 is 0 Å². The van der Waals surface area contributed by atoms with Crippen LogP contribution in [0.15, 0.2) is 30.5 Å². The molecule has 3 atom stereocenters. The number of carbonyl (C=O) groups is 1. The van der Waals surface area contributed by atoms with Crippen molar-refractivity contribution in [2.45, 2.75) is 38.6 Å². The second kappa shape index (κ2) is 6.27. The Balaban J connectivity index is 1.73. The number of hydrogen-bond donors (Lipinski definition) is 2. The van der Waals surface area contributed by atoms with Gasteiger partial charge in [0.15, 0.2) is 0 Å². The SMILES string of the molecule is C#C[C@@H]1CC[C@H](C)C[C@H](NC(=O)c2ccc3cc[nH]c3c2)C1. The Bertz CT molecular complexity index is 710. The van der Waals surface area contributed by atoms with E-state index in [0.717, 1.165) is 36.6 Å². The van der Waals surface area contributed by atoms with Crippen LogP contribution in [-0.4, -0.2) is 16.9 Å². The molecule has 3 rings (SSSR count). The molecule has 0 aliphatic heterocycles. The highest BCUT2D eigenvalue weighted by molar-refractivity contribution is 5.98. The number of carbonyl (C=O) groups excluding carboxylic acids is 1. The number of aromatic amines is 1. The summed E-state index contributed by atoms with van der Waals surface area (Å²) in [5, 5.41) is 4.30. The highest BCUT2D eigenvalue weighted by atomic mass is 16.1. The Kier molecular flexibility index (Phi) is 4.20. The molecular weight excluding hydrogens is 272 g/mol. The number of fused-ring (bicyclic) bond motifs is 1. The molecule has 114 valence electrons. The third kappa shape index (κ3) is 3.17. The second-order valence-electron chi connectivity index (χ2n) is 6.47. The van der Waals surface area contributed by atoms with Gasteiger partial charge in [-0.05, 0) is 55.2 Å². The average Bonchev–Trinajstić information content (AvgIpc) is 2.90. The molecule has 1 amide bonds. The maximum absolute atomic E-state index is 12.5. The lowest BCUT2D eigenvalue weighted by Crippen LogP contribution is -2.36. The number of amides is 1. The van der Waals surface area contributed by atoms with Crippen molar-refractivity contribution in [3.63, 3.8) is 0 Å². The molecule has 22 heavy (non-hydrogen) atoms. The molecule has 0 bridgehead atoms. The standard InChI is InChI=1S/C19H22N2O/c1-3-14-5-4-13(2)10-17(11-14)21-19(22)16-7-6-15-8-9-20-18(15)12-16/h1,6-9,12-14,17,20H,4-5,10-11H2,2H3,(H,21,22)/t13-,14+,17-/m0/s1. The lowest BCUT2D eigenvalue weighted by atomic mass is 9.98. The number of aromatic nitrogens is 1. The van der Waals surface area contributed by atoms with Gasteiger partial charge in [0, 0.05) is 29.2 Å². The molecule has 2 N–H and O–H groups in total. The van der Waals surface area contributed by atoms with Crippen LogP contribution in [0.5, 0.6) is 0 Å². The predicted molar refractivity (Wildman–Crippen MR) is 89.5 cm³/mol. The van der Waals surface area contributed by atoms with Crippen LogP contribution >= 0.6 is 0 Å². The Morgan fingerprint density at radius 1 is 1.32 bits per heavy atom. The van der Waals surface area contributed by atoms with E-state index in [0.29, 0.717) is 11.5 Å². The number of terminal acetylenes is 1. The van der Waals surface area contributed by atoms with Crippen LogP contribution in [-0.2, 0) is 0 Å². The molecule has 1 aromatic carbocycles. The molecule has 1 aliphatic rings. The first-order valence-electron chi connectivity index (χ1n) is 8.00. The lowest BCUT2D eigenvalue weighted by Gasteiger charge is -2.20. The fraction of sp³-hybridized carbons (Fsp3) is 0.421. The van der Waals surface area contributed by atoms with E-state index in [2.05, 4.69) is 23.1 Å². The van der Waals surface area contributed by atoms with Crippen molar-refractivity contribution >= 4 is 16.8 Å². The third-order valence-corrected chi connectivity index (χ3v) is 4.65. The van der Waals surface area contributed by atoms with Crippen molar-refractivity contribution in [3.05, 3.63) is 36.0 Å². The van der Waals surface area contributed by atoms with Gasteiger partial charge in [0.25, 0.3) is 5.91 Å². The summed E-state index contributed by atoms with van der Waals surface area (Å²) in [7, 11) is 0. The van der Waals surface area contributed by atoms with Crippen molar-refractivity contribution in [3.8, 4) is 12.3 Å². The van der Waals surface area contributed by atoms with Gasteiger partial charge < -0.3 is 10.3 Å². The fourth-order valence-electron chi connectivity index (χ4n) is 3.37. The summed E-state index contributed by atoms with van der Waals surface area (Å²) in [4.78, 5) is 15.7. The van der Waals surface area contributed by atoms with Crippen LogP contribution in [0.2, 0.25) is 0 Å². The normalized spacial score (nSPS) is 25.4. The lowest BCUT2D eigenvalue weighted by molar-refractivity contribution is 0.0930. The number of nitrogens with one attached hydrogen (secondary N) is 2. The maximum atomic E-state index is 12.5. The van der Waals surface area contributed by atoms with Crippen molar-refractivity contribution < 1.29 is 4.79 Å². The number of rotatable bonds is 2. The summed E-state index contributed by atoms with van der Waals surface area (Å²) < 4.78 is 0. The van der Waals surface area contributed by atoms with Gasteiger partial charge in [-0.15, -0.1) is 12.3 Å². The minimum absolute atomic E-state index is 0.00799. The summed E-state index contributed by atoms with van der Waals surface area (Å²) in [5.41, 5.74) is 1.69. The first-order valence-corrected chi connectivity index (χ1v) is 8.00. The first-order chi connectivity index (χ1) is 10.7. The molecule has 0 saturated heterocycles. The molecule has 2 aromatic rings. The Morgan fingerprint density at radius 3 is 3.00 bits per heavy atom. The molecule has 0 radical (unpaired) electrons. The van der Waals surface area contributed by atoms with E-state index in [1.165, 1.54) is 0 Å². The van der Waals surface area contributed by atoms with Crippen LogP contribution in [0.1, 0.15) is 43.0 Å². The van der Waals surface area contributed by atoms with E-state index in [-0.39, 0.29) is 17.9 Å². The quantitative estimate of drug-likeness (QED) is 0.643. The first kappa shape index (κ1) is 14.7. The Hall–Kier alpha value is -2.21. The van der Waals surface area contributed by atoms with Gasteiger partial charge in [-0.2, -0.15) is 0 Å². The molecule has 1 saturated carbocycles. The van der Waals surface area contributed by atoms with E-state index >= 15 is 0 Å². The van der Waals surface area contributed by atoms with Crippen molar-refractivity contribution in [2.24, 2.45) is 11.8 Å². The second-order valence-corrected chi connectivity index (χ2v) is 6.47. The minimum atomic E-state index is -0.00799. The average molecular weight is 294 g/mol. The number of benzene rings is 1. The van der Waals surface area contributed by atoms with Crippen molar-refractivity contribution in [1.29, 1.82) is 0 Å². The van der Waals surface area contributed by atoms with Crippen LogP contribution in [0.25, 0.3) is 10.9 Å². The largest absolute Gasteiger partial charge is 0.361 e. The number of hydrogen-bond acceptors (Lipinski definition) is 1. The van der Waals surface area contributed by atoms with Crippen LogP contribution in [0, 0.1) is 24.2 Å². The fourth-order valence-corrected chi connectivity index (χ4v) is 3.37. The van der Waals surface area contributed by atoms with Gasteiger partial charge >= 0.3 is 0 Å². The molecule has 3 nitrogen and oxygen atoms in total. The van der Waals surface area contributed by atoms with E-state index in [1.807, 2.05) is 30.5 Å². The van der Waals surface area contributed by atoms with Gasteiger partial charge in [0.05, 0.1) is 0 Å². The van der Waals surface area contributed by atoms with Gasteiger partial charge in [0.2, 0.25) is 0 Å². The molecule has 1 aromatic heterocycles. The van der Waals surface area contributed by atoms with Gasteiger partial charge in [-0.25, -0.2) is 0 Å². The Labute approximate surface area is 131 Å². The maximum Gasteiger partial charge on any atom is 0.251 e. The highest BCUT2D eigenvalue weighted by Gasteiger charge is 2.24. The summed E-state index contributed by atoms with van der Waals surface area (Å²) in [6, 6.07) is 7.93. The van der Waals surface area contributed by atoms with Crippen molar-refractivity contribution in [1.82, 2.24) is 10.3 Å². The van der Waals surface area contributed by atoms with Crippen LogP contribution in [0.3, 0.4) is 0 Å². The zero-order valence-corrected chi connectivity index (χ0v) is 12.9. The van der Waals surface area contributed by atoms with Gasteiger partial charge in [-0.1, -0.05) is 13.0 Å². The summed E-state index contributed by atoms with van der Waals surface area (Å²) in [6.07, 6.45) is 11.6. The smallest absolute Gasteiger partial charge is 0.251 e. The topological polar surface area (TPSA) is 44.9 Å². The minimum Gasteiger partial charge on any atom is -0.361 e. The summed E-state index contributed by atoms with van der Waals surface area (Å²) >= 11 is 0. The van der Waals surface area contributed by atoms with E-state index in [1.54, 1.807) is 0 Å². The highest BCUT2D eigenvalue weighted by Crippen LogP contribution is 2.27. The van der Waals surface area contributed by atoms with Crippen molar-refractivity contribution in [2.75, 3.05) is 0 Å². The zero-order valence-electron chi connectivity index (χ0n) is 12.9. The zero-order chi connectivity index (χ0) is 15.5. The molecule has 1 fully saturated rings. The van der Waals surface area contributed by atoms with Crippen LogP contribution in [0.4, 0.5) is 0 Å². The van der Waals surface area contributed by atoms with E-state index in [4.69, 9.17) is 6.42 Å². The summed E-state index contributed by atoms with van der Waals surface area (Å²) in [5.74, 6) is 3.75. The van der Waals surface area contributed by atoms with Crippen LogP contribution < -0.4 is 5.32 Å². The van der Waals surface area contributed by atoms with Gasteiger partial charge in [-0.3, -0.25) is 4.79 Å². The van der Waals surface area contributed by atoms with E-state index in [9.17, 15) is 4.79 Å². The molecule has 1 heterocycles. The molecule has 3 heteroatoms. The molecule has 0 unspecified atom stereocenters. The monoisotopic (exact) mass is 294 g/mol.